The number of imidazole rings is 1. The van der Waals surface area contributed by atoms with Crippen molar-refractivity contribution in [3.8, 4) is 0 Å². The molecular formula is C50H83N2+. The molecule has 0 fully saturated rings. The second kappa shape index (κ2) is 29.1. The highest BCUT2D eigenvalue weighted by molar-refractivity contribution is 5.32. The highest BCUT2D eigenvalue weighted by Gasteiger charge is 2.42. The lowest BCUT2D eigenvalue weighted by Gasteiger charge is -2.37. The highest BCUT2D eigenvalue weighted by atomic mass is 15.1. The molecule has 0 aliphatic carbocycles. The number of benzene rings is 2. The minimum atomic E-state index is 0.00174. The summed E-state index contributed by atoms with van der Waals surface area (Å²) < 4.78 is 2.60. The molecule has 2 nitrogen and oxygen atoms in total. The summed E-state index contributed by atoms with van der Waals surface area (Å²) in [5, 5.41) is 0. The third-order valence-electron chi connectivity index (χ3n) is 12.1. The molecule has 292 valence electrons. The summed E-state index contributed by atoms with van der Waals surface area (Å²) in [6.07, 6.45) is 44.9. The van der Waals surface area contributed by atoms with Crippen molar-refractivity contribution in [2.45, 2.75) is 225 Å². The van der Waals surface area contributed by atoms with Crippen LogP contribution in [0.25, 0.3) is 0 Å². The minimum Gasteiger partial charge on any atom is -0.247 e. The van der Waals surface area contributed by atoms with Crippen molar-refractivity contribution in [2.24, 2.45) is 0 Å². The Morgan fingerprint density at radius 1 is 0.500 bits per heavy atom. The summed E-state index contributed by atoms with van der Waals surface area (Å²) in [7, 11) is 0. The lowest BCUT2D eigenvalue weighted by Crippen LogP contribution is -2.43. The zero-order valence-corrected chi connectivity index (χ0v) is 34.7. The first-order valence-corrected chi connectivity index (χ1v) is 22.8. The lowest BCUT2D eigenvalue weighted by atomic mass is 9.66. The van der Waals surface area contributed by atoms with E-state index in [2.05, 4.69) is 103 Å². The average Bonchev–Trinajstić information content (AvgIpc) is 3.63. The second-order valence-electron chi connectivity index (χ2n) is 16.7. The molecule has 0 spiro atoms. The van der Waals surface area contributed by atoms with Gasteiger partial charge in [-0.1, -0.05) is 242 Å². The maximum atomic E-state index is 3.83. The molecule has 52 heavy (non-hydrogen) atoms. The van der Waals surface area contributed by atoms with Gasteiger partial charge in [0.2, 0.25) is 0 Å². The van der Waals surface area contributed by atoms with Crippen molar-refractivity contribution >= 4 is 0 Å². The van der Waals surface area contributed by atoms with Gasteiger partial charge < -0.3 is 0 Å². The quantitative estimate of drug-likeness (QED) is 0.0470. The Balaban J connectivity index is 1.52. The van der Waals surface area contributed by atoms with Crippen molar-refractivity contribution in [1.82, 2.24) is 4.98 Å². The zero-order chi connectivity index (χ0) is 36.8. The first-order chi connectivity index (χ1) is 25.7. The van der Waals surface area contributed by atoms with E-state index in [4.69, 9.17) is 0 Å². The molecule has 2 unspecified atom stereocenters. The number of unbranched alkanes of at least 4 members (excludes halogenated alkanes) is 25. The van der Waals surface area contributed by atoms with Gasteiger partial charge in [-0.25, -0.2) is 9.55 Å². The molecule has 2 heteroatoms. The van der Waals surface area contributed by atoms with Crippen LogP contribution in [0.3, 0.4) is 0 Å². The van der Waals surface area contributed by atoms with E-state index < -0.39 is 0 Å². The van der Waals surface area contributed by atoms with Gasteiger partial charge in [-0.3, -0.25) is 0 Å². The molecule has 2 atom stereocenters. The Morgan fingerprint density at radius 3 is 1.37 bits per heavy atom. The Morgan fingerprint density at radius 2 is 0.904 bits per heavy atom. The Kier molecular flexibility index (Phi) is 24.6. The van der Waals surface area contributed by atoms with Crippen LogP contribution in [0.1, 0.15) is 223 Å². The number of H-pyrrole nitrogens is 1. The van der Waals surface area contributed by atoms with Gasteiger partial charge in [0, 0.05) is 5.41 Å². The molecule has 0 aliphatic rings. The van der Waals surface area contributed by atoms with Crippen molar-refractivity contribution in [3.63, 3.8) is 0 Å². The monoisotopic (exact) mass is 712 g/mol. The normalized spacial score (nSPS) is 13.4. The van der Waals surface area contributed by atoms with Crippen LogP contribution in [0, 0.1) is 0 Å². The third-order valence-corrected chi connectivity index (χ3v) is 12.1. The van der Waals surface area contributed by atoms with Crippen LogP contribution in [0.5, 0.6) is 0 Å². The fourth-order valence-corrected chi connectivity index (χ4v) is 8.74. The van der Waals surface area contributed by atoms with Gasteiger partial charge in [0.25, 0.3) is 5.82 Å². The molecule has 1 heterocycles. The molecule has 3 rings (SSSR count). The molecule has 0 radical (unpaired) electrons. The summed E-state index contributed by atoms with van der Waals surface area (Å²) >= 11 is 0. The van der Waals surface area contributed by atoms with Crippen LogP contribution in [0.2, 0.25) is 0 Å². The predicted octanol–water partition coefficient (Wildman–Crippen LogP) is 15.5. The Labute approximate surface area is 323 Å². The summed E-state index contributed by atoms with van der Waals surface area (Å²) in [6.45, 7) is 8.30. The van der Waals surface area contributed by atoms with E-state index in [0.717, 1.165) is 13.0 Å². The molecule has 0 bridgehead atoms. The first-order valence-electron chi connectivity index (χ1n) is 22.8. The molecule has 0 saturated heterocycles. The van der Waals surface area contributed by atoms with E-state index in [1.54, 1.807) is 0 Å². The van der Waals surface area contributed by atoms with E-state index in [0.29, 0.717) is 5.92 Å². The molecule has 3 aromatic rings. The van der Waals surface area contributed by atoms with Crippen molar-refractivity contribution in [2.75, 3.05) is 0 Å². The van der Waals surface area contributed by atoms with Gasteiger partial charge in [0.1, 0.15) is 12.4 Å². The lowest BCUT2D eigenvalue weighted by molar-refractivity contribution is -0.705. The summed E-state index contributed by atoms with van der Waals surface area (Å²) in [6, 6.07) is 22.7. The number of nitrogens with zero attached hydrogens (tertiary/aromatic N) is 1. The van der Waals surface area contributed by atoms with Crippen molar-refractivity contribution in [1.29, 1.82) is 0 Å². The van der Waals surface area contributed by atoms with Crippen LogP contribution in [-0.4, -0.2) is 4.98 Å². The van der Waals surface area contributed by atoms with Gasteiger partial charge in [-0.2, -0.15) is 0 Å². The van der Waals surface area contributed by atoms with E-state index >= 15 is 0 Å². The number of aryl methyl sites for hydroxylation is 1. The van der Waals surface area contributed by atoms with Gasteiger partial charge in [-0.05, 0) is 36.8 Å². The van der Waals surface area contributed by atoms with Gasteiger partial charge >= 0.3 is 0 Å². The predicted molar refractivity (Wildman–Crippen MR) is 228 cm³/mol. The van der Waals surface area contributed by atoms with E-state index in [9.17, 15) is 0 Å². The third kappa shape index (κ3) is 18.1. The zero-order valence-electron chi connectivity index (χ0n) is 34.7. The van der Waals surface area contributed by atoms with Crippen LogP contribution < -0.4 is 4.57 Å². The average molecular weight is 712 g/mol. The van der Waals surface area contributed by atoms with Crippen LogP contribution in [0.4, 0.5) is 0 Å². The van der Waals surface area contributed by atoms with Crippen LogP contribution >= 0.6 is 0 Å². The van der Waals surface area contributed by atoms with E-state index in [1.165, 1.54) is 197 Å². The molecule has 1 N–H and O–H groups in total. The van der Waals surface area contributed by atoms with Gasteiger partial charge in [0.05, 0.1) is 12.5 Å². The number of nitrogens with one attached hydrogen (secondary N) is 1. The number of hydrogen-bond donors (Lipinski definition) is 1. The largest absolute Gasteiger partial charge is 0.258 e. The van der Waals surface area contributed by atoms with Gasteiger partial charge in [0.15, 0.2) is 0 Å². The molecule has 2 aromatic carbocycles. The van der Waals surface area contributed by atoms with Gasteiger partial charge in [-0.15, -0.1) is 0 Å². The van der Waals surface area contributed by atoms with E-state index in [1.807, 2.05) is 0 Å². The maximum absolute atomic E-state index is 3.83. The molecule has 1 aromatic heterocycles. The standard InChI is InChI=1S/C50H82N2/c1-4-6-8-10-12-14-16-18-19-20-21-23-25-27-35-41-48(50(3,47-39-33-30-34-40-47)45-46-37-31-29-32-38-46)49-51-42-44-52(49)43-36-28-26-24-22-17-15-13-11-9-7-5-2/h29-34,37-40,42,44,48H,4-28,35-36,41,43,45H2,1-3H3/p+1. The number of rotatable bonds is 34. The smallest absolute Gasteiger partial charge is 0.247 e. The number of hydrogen-bond acceptors (Lipinski definition) is 0. The van der Waals surface area contributed by atoms with Crippen molar-refractivity contribution < 1.29 is 4.57 Å². The van der Waals surface area contributed by atoms with E-state index in [-0.39, 0.29) is 5.41 Å². The fourth-order valence-electron chi connectivity index (χ4n) is 8.74. The summed E-state index contributed by atoms with van der Waals surface area (Å²) in [5.74, 6) is 1.88. The second-order valence-corrected chi connectivity index (χ2v) is 16.7. The Bertz CT molecular complexity index is 1200. The maximum Gasteiger partial charge on any atom is 0.258 e. The minimum absolute atomic E-state index is 0.00174. The number of aromatic amines is 1. The topological polar surface area (TPSA) is 19.7 Å². The SMILES string of the molecule is CCCCCCCCCCCCCCCCCC(c1[nH]cc[n+]1CCCCCCCCCCCCCC)C(C)(Cc1ccccc1)c1ccccc1. The number of aromatic nitrogens is 2. The molecule has 0 saturated carbocycles. The van der Waals surface area contributed by atoms with Crippen LogP contribution in [0.15, 0.2) is 73.1 Å². The van der Waals surface area contributed by atoms with Crippen LogP contribution in [-0.2, 0) is 18.4 Å². The molecular weight excluding hydrogens is 629 g/mol. The summed E-state index contributed by atoms with van der Waals surface area (Å²) in [4.78, 5) is 3.83. The molecule has 0 aliphatic heterocycles. The fraction of sp³-hybridized carbons (Fsp3) is 0.700. The molecule has 0 amide bonds. The Hall–Kier alpha value is -2.35. The highest BCUT2D eigenvalue weighted by Crippen LogP contribution is 2.43. The van der Waals surface area contributed by atoms with Crippen molar-refractivity contribution in [3.05, 3.63) is 90.0 Å². The summed E-state index contributed by atoms with van der Waals surface area (Å²) in [5.41, 5.74) is 2.91. The first kappa shape index (κ1) is 44.0.